The number of ether oxygens (including phenoxy) is 1. The van der Waals surface area contributed by atoms with E-state index in [2.05, 4.69) is 15.6 Å². The zero-order valence-electron chi connectivity index (χ0n) is 12.8. The highest BCUT2D eigenvalue weighted by Crippen LogP contribution is 2.22. The topological polar surface area (TPSA) is 80.3 Å². The summed E-state index contributed by atoms with van der Waals surface area (Å²) < 4.78 is 4.76. The molecule has 0 atom stereocenters. The van der Waals surface area contributed by atoms with E-state index in [9.17, 15) is 9.59 Å². The Morgan fingerprint density at radius 2 is 1.88 bits per heavy atom. The fourth-order valence-corrected chi connectivity index (χ4v) is 2.42. The number of nitrogens with zero attached hydrogens (tertiary/aromatic N) is 1. The summed E-state index contributed by atoms with van der Waals surface area (Å²) in [4.78, 5) is 27.7. The molecule has 6 nitrogen and oxygen atoms in total. The van der Waals surface area contributed by atoms with Gasteiger partial charge in [-0.3, -0.25) is 9.78 Å². The van der Waals surface area contributed by atoms with E-state index in [0.717, 1.165) is 0 Å². The molecular weight excluding hydrogens is 353 g/mol. The highest BCUT2D eigenvalue weighted by molar-refractivity contribution is 6.35. The van der Waals surface area contributed by atoms with Crippen LogP contribution in [-0.2, 0) is 11.3 Å². The molecule has 0 aliphatic carbocycles. The summed E-state index contributed by atoms with van der Waals surface area (Å²) >= 11 is 11.8. The SMILES string of the molecule is CCOC(=O)NCc1cc(C(=O)Nc2cc(Cl)cc(Cl)c2)ccn1. The lowest BCUT2D eigenvalue weighted by Crippen LogP contribution is -2.24. The second kappa shape index (κ2) is 8.52. The molecule has 1 aromatic carbocycles. The van der Waals surface area contributed by atoms with Crippen LogP contribution in [0.5, 0.6) is 0 Å². The molecule has 1 heterocycles. The number of pyridine rings is 1. The van der Waals surface area contributed by atoms with Crippen molar-refractivity contribution in [1.29, 1.82) is 0 Å². The van der Waals surface area contributed by atoms with Crippen LogP contribution in [0.3, 0.4) is 0 Å². The van der Waals surface area contributed by atoms with Gasteiger partial charge in [0.15, 0.2) is 0 Å². The summed E-state index contributed by atoms with van der Waals surface area (Å²) in [6.07, 6.45) is 0.949. The third kappa shape index (κ3) is 5.40. The quantitative estimate of drug-likeness (QED) is 0.839. The summed E-state index contributed by atoms with van der Waals surface area (Å²) in [5.74, 6) is -0.340. The summed E-state index contributed by atoms with van der Waals surface area (Å²) in [5.41, 5.74) is 1.40. The molecule has 0 bridgehead atoms. The molecular formula is C16H15Cl2N3O3. The fraction of sp³-hybridized carbons (Fsp3) is 0.188. The number of amides is 2. The normalized spacial score (nSPS) is 10.1. The number of halogens is 2. The van der Waals surface area contributed by atoms with E-state index in [1.807, 2.05) is 0 Å². The Labute approximate surface area is 149 Å². The molecule has 0 saturated carbocycles. The van der Waals surface area contributed by atoms with Gasteiger partial charge in [0.1, 0.15) is 0 Å². The van der Waals surface area contributed by atoms with Crippen LogP contribution in [0.4, 0.5) is 10.5 Å². The number of carbonyl (C=O) groups is 2. The molecule has 2 amide bonds. The van der Waals surface area contributed by atoms with E-state index < -0.39 is 6.09 Å². The number of nitrogens with one attached hydrogen (secondary N) is 2. The third-order valence-corrected chi connectivity index (χ3v) is 3.32. The predicted molar refractivity (Wildman–Crippen MR) is 92.5 cm³/mol. The first-order chi connectivity index (χ1) is 11.5. The smallest absolute Gasteiger partial charge is 0.407 e. The van der Waals surface area contributed by atoms with Gasteiger partial charge in [0.2, 0.25) is 0 Å². The molecule has 2 rings (SSSR count). The zero-order chi connectivity index (χ0) is 17.5. The van der Waals surface area contributed by atoms with Crippen LogP contribution in [0.15, 0.2) is 36.5 Å². The Bertz CT molecular complexity index is 733. The van der Waals surface area contributed by atoms with Crippen molar-refractivity contribution < 1.29 is 14.3 Å². The van der Waals surface area contributed by atoms with Gasteiger partial charge in [-0.15, -0.1) is 0 Å². The summed E-state index contributed by atoms with van der Waals surface area (Å²) in [6, 6.07) is 7.90. The van der Waals surface area contributed by atoms with Gasteiger partial charge in [0.05, 0.1) is 18.8 Å². The molecule has 0 aliphatic rings. The second-order valence-corrected chi connectivity index (χ2v) is 5.59. The largest absolute Gasteiger partial charge is 0.450 e. The molecule has 0 aliphatic heterocycles. The monoisotopic (exact) mass is 367 g/mol. The molecule has 126 valence electrons. The molecule has 0 radical (unpaired) electrons. The maximum atomic E-state index is 12.3. The van der Waals surface area contributed by atoms with Gasteiger partial charge in [0, 0.05) is 27.5 Å². The number of rotatable bonds is 5. The minimum absolute atomic E-state index is 0.156. The number of benzene rings is 1. The highest BCUT2D eigenvalue weighted by atomic mass is 35.5. The van der Waals surface area contributed by atoms with Gasteiger partial charge >= 0.3 is 6.09 Å². The van der Waals surface area contributed by atoms with E-state index in [4.69, 9.17) is 27.9 Å². The van der Waals surface area contributed by atoms with Gasteiger partial charge < -0.3 is 15.4 Å². The molecule has 0 fully saturated rings. The van der Waals surface area contributed by atoms with Crippen molar-refractivity contribution in [1.82, 2.24) is 10.3 Å². The molecule has 0 spiro atoms. The average molecular weight is 368 g/mol. The van der Waals surface area contributed by atoms with Crippen molar-refractivity contribution >= 4 is 40.9 Å². The van der Waals surface area contributed by atoms with Crippen LogP contribution in [0, 0.1) is 0 Å². The van der Waals surface area contributed by atoms with Crippen molar-refractivity contribution in [3.8, 4) is 0 Å². The van der Waals surface area contributed by atoms with Crippen LogP contribution >= 0.6 is 23.2 Å². The van der Waals surface area contributed by atoms with E-state index in [1.165, 1.54) is 6.20 Å². The minimum Gasteiger partial charge on any atom is -0.450 e. The Morgan fingerprint density at radius 3 is 2.54 bits per heavy atom. The molecule has 8 heteroatoms. The number of carbonyl (C=O) groups excluding carboxylic acids is 2. The average Bonchev–Trinajstić information content (AvgIpc) is 2.52. The van der Waals surface area contributed by atoms with E-state index in [1.54, 1.807) is 37.3 Å². The molecule has 2 aromatic rings. The maximum absolute atomic E-state index is 12.3. The summed E-state index contributed by atoms with van der Waals surface area (Å²) in [6.45, 7) is 2.15. The molecule has 1 aromatic heterocycles. The molecule has 2 N–H and O–H groups in total. The van der Waals surface area contributed by atoms with Crippen molar-refractivity contribution in [3.05, 3.63) is 57.8 Å². The summed E-state index contributed by atoms with van der Waals surface area (Å²) in [7, 11) is 0. The first-order valence-corrected chi connectivity index (χ1v) is 7.86. The Hall–Kier alpha value is -2.31. The van der Waals surface area contributed by atoms with Crippen molar-refractivity contribution in [2.24, 2.45) is 0 Å². The third-order valence-electron chi connectivity index (χ3n) is 2.89. The van der Waals surface area contributed by atoms with Crippen LogP contribution in [0.2, 0.25) is 10.0 Å². The Kier molecular flexibility index (Phi) is 6.40. The fourth-order valence-electron chi connectivity index (χ4n) is 1.89. The van der Waals surface area contributed by atoms with Crippen molar-refractivity contribution in [3.63, 3.8) is 0 Å². The minimum atomic E-state index is -0.539. The van der Waals surface area contributed by atoms with Crippen molar-refractivity contribution in [2.45, 2.75) is 13.5 Å². The van der Waals surface area contributed by atoms with Crippen LogP contribution in [0.25, 0.3) is 0 Å². The number of hydrogen-bond donors (Lipinski definition) is 2. The van der Waals surface area contributed by atoms with Gasteiger partial charge in [-0.2, -0.15) is 0 Å². The van der Waals surface area contributed by atoms with E-state index in [-0.39, 0.29) is 19.1 Å². The van der Waals surface area contributed by atoms with Crippen LogP contribution in [-0.4, -0.2) is 23.6 Å². The highest BCUT2D eigenvalue weighted by Gasteiger charge is 2.09. The first kappa shape index (κ1) is 18.0. The second-order valence-electron chi connectivity index (χ2n) is 4.72. The van der Waals surface area contributed by atoms with E-state index >= 15 is 0 Å². The standard InChI is InChI=1S/C16H15Cl2N3O3/c1-2-24-16(23)20-9-14-5-10(3-4-19-14)15(22)21-13-7-11(17)6-12(18)8-13/h3-8H,2,9H2,1H3,(H,20,23)(H,21,22). The van der Waals surface area contributed by atoms with E-state index in [0.29, 0.717) is 27.0 Å². The van der Waals surface area contributed by atoms with Crippen LogP contribution in [0.1, 0.15) is 23.0 Å². The van der Waals surface area contributed by atoms with Gasteiger partial charge in [0.25, 0.3) is 5.91 Å². The van der Waals surface area contributed by atoms with Gasteiger partial charge in [-0.05, 0) is 37.3 Å². The van der Waals surface area contributed by atoms with Gasteiger partial charge in [-0.1, -0.05) is 23.2 Å². The number of aromatic nitrogens is 1. The van der Waals surface area contributed by atoms with Crippen LogP contribution < -0.4 is 10.6 Å². The first-order valence-electron chi connectivity index (χ1n) is 7.11. The zero-order valence-corrected chi connectivity index (χ0v) is 14.3. The Morgan fingerprint density at radius 1 is 1.17 bits per heavy atom. The molecule has 0 saturated heterocycles. The van der Waals surface area contributed by atoms with Gasteiger partial charge in [-0.25, -0.2) is 4.79 Å². The number of alkyl carbamates (subject to hydrolysis) is 1. The lowest BCUT2D eigenvalue weighted by Gasteiger charge is -2.08. The Balaban J connectivity index is 2.04. The van der Waals surface area contributed by atoms with Crippen molar-refractivity contribution in [2.75, 3.05) is 11.9 Å². The lowest BCUT2D eigenvalue weighted by molar-refractivity contribution is 0.102. The number of anilines is 1. The lowest BCUT2D eigenvalue weighted by atomic mass is 10.2. The summed E-state index contributed by atoms with van der Waals surface area (Å²) in [5, 5.41) is 6.09. The molecule has 24 heavy (non-hydrogen) atoms. The maximum Gasteiger partial charge on any atom is 0.407 e. The number of hydrogen-bond acceptors (Lipinski definition) is 4. The molecule has 0 unspecified atom stereocenters. The predicted octanol–water partition coefficient (Wildman–Crippen LogP) is 3.89.